The van der Waals surface area contributed by atoms with Crippen LogP contribution in [-0.4, -0.2) is 17.1 Å². The van der Waals surface area contributed by atoms with Crippen molar-refractivity contribution in [1.82, 2.24) is 4.57 Å². The first-order valence-electron chi connectivity index (χ1n) is 5.93. The van der Waals surface area contributed by atoms with Gasteiger partial charge >= 0.3 is 0 Å². The van der Waals surface area contributed by atoms with Crippen molar-refractivity contribution >= 4 is 11.5 Å². The van der Waals surface area contributed by atoms with Crippen LogP contribution in [0.4, 0.5) is 5.69 Å². The van der Waals surface area contributed by atoms with Crippen LogP contribution in [0.2, 0.25) is 0 Å². The van der Waals surface area contributed by atoms with Gasteiger partial charge in [0.1, 0.15) is 11.8 Å². The van der Waals surface area contributed by atoms with E-state index in [1.165, 1.54) is 6.92 Å². The highest BCUT2D eigenvalue weighted by Crippen LogP contribution is 2.35. The fraction of sp³-hybridized carbons (Fsp3) is 0.143. The summed E-state index contributed by atoms with van der Waals surface area (Å²) in [5, 5.41) is 9.04. The molecule has 6 heteroatoms. The molecule has 0 atom stereocenters. The van der Waals surface area contributed by atoms with E-state index in [0.717, 1.165) is 0 Å². The predicted molar refractivity (Wildman–Crippen MR) is 71.0 cm³/mol. The third-order valence-corrected chi connectivity index (χ3v) is 3.13. The van der Waals surface area contributed by atoms with Gasteiger partial charge in [0.2, 0.25) is 6.79 Å². The lowest BCUT2D eigenvalue weighted by molar-refractivity contribution is 0.101. The van der Waals surface area contributed by atoms with E-state index in [1.54, 1.807) is 29.0 Å². The van der Waals surface area contributed by atoms with Gasteiger partial charge in [-0.3, -0.25) is 4.79 Å². The van der Waals surface area contributed by atoms with E-state index in [-0.39, 0.29) is 23.8 Å². The summed E-state index contributed by atoms with van der Waals surface area (Å²) in [6.07, 6.45) is 1.55. The van der Waals surface area contributed by atoms with E-state index in [2.05, 4.69) is 0 Å². The maximum Gasteiger partial charge on any atom is 0.231 e. The Balaban J connectivity index is 2.20. The largest absolute Gasteiger partial charge is 0.454 e. The summed E-state index contributed by atoms with van der Waals surface area (Å²) in [5.41, 5.74) is 7.29. The number of nitrogens with two attached hydrogens (primary N) is 1. The molecule has 20 heavy (non-hydrogen) atoms. The average Bonchev–Trinajstić information content (AvgIpc) is 3.01. The first kappa shape index (κ1) is 12.1. The molecule has 0 aliphatic carbocycles. The molecule has 3 rings (SSSR count). The molecule has 0 radical (unpaired) electrons. The fourth-order valence-corrected chi connectivity index (χ4v) is 2.21. The van der Waals surface area contributed by atoms with Crippen LogP contribution in [0.3, 0.4) is 0 Å². The lowest BCUT2D eigenvalue weighted by Crippen LogP contribution is -2.06. The summed E-state index contributed by atoms with van der Waals surface area (Å²) < 4.78 is 12.1. The third kappa shape index (κ3) is 1.68. The second-order valence-corrected chi connectivity index (χ2v) is 4.38. The molecule has 2 heterocycles. The molecular weight excluding hydrogens is 258 g/mol. The first-order chi connectivity index (χ1) is 9.61. The minimum atomic E-state index is -0.207. The molecule has 1 aromatic heterocycles. The Morgan fingerprint density at radius 2 is 2.15 bits per heavy atom. The Labute approximate surface area is 114 Å². The number of fused-ring (bicyclic) bond motifs is 1. The Kier molecular flexibility index (Phi) is 2.61. The molecule has 2 aromatic rings. The van der Waals surface area contributed by atoms with Gasteiger partial charge in [-0.1, -0.05) is 0 Å². The number of benzene rings is 1. The minimum absolute atomic E-state index is 0.176. The van der Waals surface area contributed by atoms with Gasteiger partial charge in [-0.05, 0) is 12.1 Å². The number of carbonyl (C=O) groups excluding carboxylic acids is 1. The van der Waals surface area contributed by atoms with Crippen molar-refractivity contribution in [3.8, 4) is 23.3 Å². The highest BCUT2D eigenvalue weighted by atomic mass is 16.7. The average molecular weight is 269 g/mol. The monoisotopic (exact) mass is 269 g/mol. The Hall–Kier alpha value is -2.94. The maximum absolute atomic E-state index is 11.8. The standard InChI is InChI=1S/C14H11N3O3/c1-8(18)14-13(16)9(5-15)6-17(14)10-2-3-11-12(4-10)20-7-19-11/h2-4,6H,7,16H2,1H3. The molecule has 2 N–H and O–H groups in total. The topological polar surface area (TPSA) is 90.3 Å². The van der Waals surface area contributed by atoms with Crippen LogP contribution in [0.25, 0.3) is 5.69 Å². The van der Waals surface area contributed by atoms with E-state index < -0.39 is 0 Å². The molecule has 6 nitrogen and oxygen atoms in total. The number of Topliss-reactive ketones (excluding diaryl/α,β-unsaturated/α-hetero) is 1. The van der Waals surface area contributed by atoms with Crippen LogP contribution in [0, 0.1) is 11.3 Å². The highest BCUT2D eigenvalue weighted by Gasteiger charge is 2.20. The molecule has 1 aliphatic heterocycles. The fourth-order valence-electron chi connectivity index (χ4n) is 2.21. The molecule has 0 amide bonds. The zero-order chi connectivity index (χ0) is 14.3. The van der Waals surface area contributed by atoms with Crippen LogP contribution in [0.1, 0.15) is 23.0 Å². The lowest BCUT2D eigenvalue weighted by Gasteiger charge is -2.08. The van der Waals surface area contributed by atoms with E-state index in [0.29, 0.717) is 22.9 Å². The van der Waals surface area contributed by atoms with Gasteiger partial charge in [-0.2, -0.15) is 5.26 Å². The van der Waals surface area contributed by atoms with Crippen molar-refractivity contribution in [3.05, 3.63) is 35.7 Å². The molecule has 0 fully saturated rings. The smallest absolute Gasteiger partial charge is 0.231 e. The van der Waals surface area contributed by atoms with Crippen molar-refractivity contribution < 1.29 is 14.3 Å². The molecule has 1 aliphatic rings. The van der Waals surface area contributed by atoms with Crippen LogP contribution in [0.15, 0.2) is 24.4 Å². The van der Waals surface area contributed by atoms with Gasteiger partial charge in [-0.15, -0.1) is 0 Å². The van der Waals surface area contributed by atoms with Crippen LogP contribution in [0.5, 0.6) is 11.5 Å². The lowest BCUT2D eigenvalue weighted by atomic mass is 10.2. The molecule has 0 unspecified atom stereocenters. The number of rotatable bonds is 2. The first-order valence-corrected chi connectivity index (χ1v) is 5.93. The van der Waals surface area contributed by atoms with Gasteiger partial charge in [0.15, 0.2) is 17.3 Å². The molecule has 1 aromatic carbocycles. The van der Waals surface area contributed by atoms with Crippen molar-refractivity contribution in [2.45, 2.75) is 6.92 Å². The summed E-state index contributed by atoms with van der Waals surface area (Å²) in [7, 11) is 0. The third-order valence-electron chi connectivity index (χ3n) is 3.13. The van der Waals surface area contributed by atoms with E-state index in [4.69, 9.17) is 20.5 Å². The molecule has 0 saturated heterocycles. The van der Waals surface area contributed by atoms with Gasteiger partial charge < -0.3 is 19.8 Å². The zero-order valence-electron chi connectivity index (χ0n) is 10.7. The second kappa shape index (κ2) is 4.31. The number of nitrogen functional groups attached to an aromatic ring is 1. The molecule has 0 saturated carbocycles. The van der Waals surface area contributed by atoms with Crippen molar-refractivity contribution in [2.75, 3.05) is 12.5 Å². The highest BCUT2D eigenvalue weighted by molar-refractivity contribution is 5.99. The van der Waals surface area contributed by atoms with E-state index in [9.17, 15) is 4.79 Å². The normalized spacial score (nSPS) is 12.2. The number of anilines is 1. The number of ketones is 1. The maximum atomic E-state index is 11.8. The zero-order valence-corrected chi connectivity index (χ0v) is 10.7. The van der Waals surface area contributed by atoms with Gasteiger partial charge in [0.05, 0.1) is 11.3 Å². The number of ether oxygens (including phenoxy) is 2. The van der Waals surface area contributed by atoms with Crippen molar-refractivity contribution in [1.29, 1.82) is 5.26 Å². The van der Waals surface area contributed by atoms with E-state index >= 15 is 0 Å². The summed E-state index contributed by atoms with van der Waals surface area (Å²) in [4.78, 5) is 11.8. The second-order valence-electron chi connectivity index (χ2n) is 4.38. The molecular formula is C14H11N3O3. The summed E-state index contributed by atoms with van der Waals surface area (Å²) in [6.45, 7) is 1.59. The van der Waals surface area contributed by atoms with Gasteiger partial charge in [0.25, 0.3) is 0 Å². The molecule has 100 valence electrons. The number of carbonyl (C=O) groups is 1. The van der Waals surface area contributed by atoms with Crippen LogP contribution < -0.4 is 15.2 Å². The predicted octanol–water partition coefficient (Wildman–Crippen LogP) is 1.86. The quantitative estimate of drug-likeness (QED) is 0.840. The number of hydrogen-bond donors (Lipinski definition) is 1. The van der Waals surface area contributed by atoms with Crippen LogP contribution >= 0.6 is 0 Å². The van der Waals surface area contributed by atoms with Gasteiger partial charge in [0, 0.05) is 24.9 Å². The number of hydrogen-bond acceptors (Lipinski definition) is 5. The van der Waals surface area contributed by atoms with Crippen molar-refractivity contribution in [2.24, 2.45) is 0 Å². The number of aromatic nitrogens is 1. The number of nitriles is 1. The van der Waals surface area contributed by atoms with Crippen molar-refractivity contribution in [3.63, 3.8) is 0 Å². The molecule has 0 spiro atoms. The molecule has 0 bridgehead atoms. The Morgan fingerprint density at radius 3 is 2.85 bits per heavy atom. The Bertz CT molecular complexity index is 756. The Morgan fingerprint density at radius 1 is 1.40 bits per heavy atom. The summed E-state index contributed by atoms with van der Waals surface area (Å²) in [6, 6.07) is 7.26. The van der Waals surface area contributed by atoms with Gasteiger partial charge in [-0.25, -0.2) is 0 Å². The number of nitrogens with zero attached hydrogens (tertiary/aromatic N) is 2. The van der Waals surface area contributed by atoms with E-state index in [1.807, 2.05) is 6.07 Å². The summed E-state index contributed by atoms with van der Waals surface area (Å²) in [5.74, 6) is 1.04. The minimum Gasteiger partial charge on any atom is -0.454 e. The summed E-state index contributed by atoms with van der Waals surface area (Å²) >= 11 is 0. The SMILES string of the molecule is CC(=O)c1c(N)c(C#N)cn1-c1ccc2c(c1)OCO2. The van der Waals surface area contributed by atoms with Crippen LogP contribution in [-0.2, 0) is 0 Å².